The van der Waals surface area contributed by atoms with E-state index in [0.29, 0.717) is 78.2 Å². The zero-order valence-corrected chi connectivity index (χ0v) is 33.2. The van der Waals surface area contributed by atoms with E-state index < -0.39 is 34.8 Å². The van der Waals surface area contributed by atoms with Crippen LogP contribution in [0.1, 0.15) is 44.8 Å². The standard InChI is InChI=1S/C46H46F3N7O4/c47-38-11-10-29(21-41-35-8-4-5-9-36(35)44(58)51-50-41)20-37(38)45(59)55-18-16-54(17-19-55)42(57)28-53-14-12-52(13-15-53)26-32-22-34-23-33(32)27-56(34)46(60)43-39(48)24-31(25-40(43)49)30-6-2-1-3-7-30/h1-11,20,24-25,32-34H,12-19,21-23,26-28H2,(H,51,58). The first kappa shape index (κ1) is 39.6. The lowest BCUT2D eigenvalue weighted by Crippen LogP contribution is -2.55. The molecule has 9 rings (SSSR count). The van der Waals surface area contributed by atoms with Gasteiger partial charge in [-0.15, -0.1) is 0 Å². The van der Waals surface area contributed by atoms with E-state index in [4.69, 9.17) is 0 Å². The van der Waals surface area contributed by atoms with Crippen molar-refractivity contribution in [1.82, 2.24) is 34.7 Å². The van der Waals surface area contributed by atoms with Crippen LogP contribution in [0.3, 0.4) is 0 Å². The fourth-order valence-electron chi connectivity index (χ4n) is 9.68. The molecular weight excluding hydrogens is 772 g/mol. The molecule has 3 unspecified atom stereocenters. The van der Waals surface area contributed by atoms with E-state index in [1.165, 1.54) is 18.2 Å². The molecule has 0 spiro atoms. The van der Waals surface area contributed by atoms with E-state index in [0.717, 1.165) is 45.6 Å². The summed E-state index contributed by atoms with van der Waals surface area (Å²) in [6.45, 7) is 6.11. The maximum absolute atomic E-state index is 15.2. The zero-order valence-electron chi connectivity index (χ0n) is 33.2. The van der Waals surface area contributed by atoms with Gasteiger partial charge in [-0.3, -0.25) is 24.1 Å². The van der Waals surface area contributed by atoms with Crippen LogP contribution in [-0.2, 0) is 11.2 Å². The van der Waals surface area contributed by atoms with Gasteiger partial charge in [0.15, 0.2) is 0 Å². The number of carbonyl (C=O) groups excluding carboxylic acids is 3. The molecule has 1 saturated carbocycles. The number of piperazine rings is 2. The Labute approximate surface area is 345 Å². The first-order chi connectivity index (χ1) is 29.1. The smallest absolute Gasteiger partial charge is 0.272 e. The fourth-order valence-corrected chi connectivity index (χ4v) is 9.68. The highest BCUT2D eigenvalue weighted by molar-refractivity contribution is 5.96. The number of halogens is 3. The van der Waals surface area contributed by atoms with Gasteiger partial charge in [0.25, 0.3) is 17.4 Å². The summed E-state index contributed by atoms with van der Waals surface area (Å²) in [5.74, 6) is -2.62. The van der Waals surface area contributed by atoms with Crippen molar-refractivity contribution in [2.75, 3.05) is 72.0 Å². The summed E-state index contributed by atoms with van der Waals surface area (Å²) in [7, 11) is 0. The largest absolute Gasteiger partial charge is 0.338 e. The number of rotatable bonds is 9. The molecule has 4 aliphatic rings. The summed E-state index contributed by atoms with van der Waals surface area (Å²) in [6.07, 6.45) is 1.94. The minimum atomic E-state index is -0.838. The van der Waals surface area contributed by atoms with Gasteiger partial charge in [0, 0.05) is 83.3 Å². The molecule has 4 fully saturated rings. The Balaban J connectivity index is 0.721. The van der Waals surface area contributed by atoms with Crippen molar-refractivity contribution in [3.8, 4) is 11.1 Å². The first-order valence-corrected chi connectivity index (χ1v) is 20.7. The molecule has 3 amide bonds. The highest BCUT2D eigenvalue weighted by atomic mass is 19.1. The number of carbonyl (C=O) groups is 3. The van der Waals surface area contributed by atoms with Crippen LogP contribution in [0.25, 0.3) is 21.9 Å². The van der Waals surface area contributed by atoms with Crippen LogP contribution in [0.4, 0.5) is 13.2 Å². The van der Waals surface area contributed by atoms with Gasteiger partial charge in [-0.05, 0) is 71.7 Å². The second-order valence-corrected chi connectivity index (χ2v) is 16.6. The topological polar surface area (TPSA) is 113 Å². The molecular formula is C46H46F3N7O4. The van der Waals surface area contributed by atoms with Crippen LogP contribution in [-0.4, -0.2) is 130 Å². The number of nitrogens with one attached hydrogen (secondary N) is 1. The average Bonchev–Trinajstić information content (AvgIpc) is 3.87. The second kappa shape index (κ2) is 16.7. The SMILES string of the molecule is O=C(CN1CCN(CC2CC3CC2CN3C(=O)c2c(F)cc(-c3ccccc3)cc2F)CC1)N1CCN(C(=O)c2cc(Cc3n[nH]c(=O)c4ccccc34)ccc2F)CC1. The molecule has 11 nitrogen and oxygen atoms in total. The van der Waals surface area contributed by atoms with Crippen molar-refractivity contribution in [3.05, 3.63) is 135 Å². The molecule has 3 atom stereocenters. The first-order valence-electron chi connectivity index (χ1n) is 20.7. The summed E-state index contributed by atoms with van der Waals surface area (Å²) in [5, 5.41) is 7.94. The molecule has 2 bridgehead atoms. The molecule has 1 N–H and O–H groups in total. The normalized spacial score (nSPS) is 20.9. The van der Waals surface area contributed by atoms with Gasteiger partial charge in [-0.25, -0.2) is 18.3 Å². The number of nitrogens with zero attached hydrogens (tertiary/aromatic N) is 6. The Hall–Kier alpha value is -5.86. The maximum Gasteiger partial charge on any atom is 0.272 e. The lowest BCUT2D eigenvalue weighted by Gasteiger charge is -2.40. The number of benzene rings is 4. The number of fused-ring (bicyclic) bond motifs is 3. The van der Waals surface area contributed by atoms with Gasteiger partial charge in [0.05, 0.1) is 23.2 Å². The number of amides is 3. The van der Waals surface area contributed by atoms with Gasteiger partial charge >= 0.3 is 0 Å². The third kappa shape index (κ3) is 7.93. The van der Waals surface area contributed by atoms with Crippen molar-refractivity contribution in [2.45, 2.75) is 25.3 Å². The summed E-state index contributed by atoms with van der Waals surface area (Å²) in [5.41, 5.74) is 1.57. The highest BCUT2D eigenvalue weighted by Crippen LogP contribution is 2.43. The van der Waals surface area contributed by atoms with Crippen LogP contribution >= 0.6 is 0 Å². The van der Waals surface area contributed by atoms with Crippen molar-refractivity contribution in [2.24, 2.45) is 11.8 Å². The number of hydrogen-bond acceptors (Lipinski definition) is 7. The Morgan fingerprint density at radius 1 is 0.683 bits per heavy atom. The molecule has 4 aromatic carbocycles. The van der Waals surface area contributed by atoms with Crippen LogP contribution < -0.4 is 5.56 Å². The number of piperidine rings is 1. The van der Waals surface area contributed by atoms with E-state index in [-0.39, 0.29) is 35.5 Å². The van der Waals surface area contributed by atoms with Gasteiger partial charge in [-0.2, -0.15) is 5.10 Å². The quantitative estimate of drug-likeness (QED) is 0.222. The van der Waals surface area contributed by atoms with Crippen molar-refractivity contribution < 1.29 is 27.6 Å². The lowest BCUT2D eigenvalue weighted by molar-refractivity contribution is -0.134. The van der Waals surface area contributed by atoms with Gasteiger partial charge in [0.2, 0.25) is 5.91 Å². The van der Waals surface area contributed by atoms with E-state index in [2.05, 4.69) is 20.0 Å². The molecule has 14 heteroatoms. The van der Waals surface area contributed by atoms with Gasteiger partial charge in [0.1, 0.15) is 23.0 Å². The predicted molar refractivity (Wildman–Crippen MR) is 220 cm³/mol. The summed E-state index contributed by atoms with van der Waals surface area (Å²) < 4.78 is 45.4. The monoisotopic (exact) mass is 817 g/mol. The van der Waals surface area contributed by atoms with Crippen LogP contribution in [0.2, 0.25) is 0 Å². The third-order valence-corrected chi connectivity index (χ3v) is 13.0. The third-order valence-electron chi connectivity index (χ3n) is 13.0. The summed E-state index contributed by atoms with van der Waals surface area (Å²) in [4.78, 5) is 62.1. The molecule has 3 saturated heterocycles. The van der Waals surface area contributed by atoms with Crippen molar-refractivity contribution >= 4 is 28.5 Å². The Morgan fingerprint density at radius 2 is 1.35 bits per heavy atom. The van der Waals surface area contributed by atoms with Crippen LogP contribution in [0, 0.1) is 29.3 Å². The molecule has 60 heavy (non-hydrogen) atoms. The average molecular weight is 818 g/mol. The Morgan fingerprint density at radius 3 is 2.05 bits per heavy atom. The van der Waals surface area contributed by atoms with Crippen molar-refractivity contribution in [3.63, 3.8) is 0 Å². The molecule has 3 aliphatic heterocycles. The number of aromatic nitrogens is 2. The maximum atomic E-state index is 15.2. The number of H-pyrrole nitrogens is 1. The molecule has 310 valence electrons. The minimum absolute atomic E-state index is 0.00444. The molecule has 0 radical (unpaired) electrons. The summed E-state index contributed by atoms with van der Waals surface area (Å²) >= 11 is 0. The summed E-state index contributed by atoms with van der Waals surface area (Å²) in [6, 6.07) is 23.0. The number of likely N-dealkylation sites (tertiary alicyclic amines) is 1. The van der Waals surface area contributed by atoms with E-state index in [1.54, 1.807) is 63.2 Å². The molecule has 1 aliphatic carbocycles. The second-order valence-electron chi connectivity index (χ2n) is 16.6. The molecule has 4 heterocycles. The van der Waals surface area contributed by atoms with Crippen LogP contribution in [0.5, 0.6) is 0 Å². The predicted octanol–water partition coefficient (Wildman–Crippen LogP) is 5.05. The minimum Gasteiger partial charge on any atom is -0.338 e. The fraction of sp³-hybridized carbons (Fsp3) is 0.370. The van der Waals surface area contributed by atoms with Gasteiger partial charge in [-0.1, -0.05) is 54.6 Å². The number of hydrogen-bond donors (Lipinski definition) is 1. The number of aromatic amines is 1. The van der Waals surface area contributed by atoms with E-state index >= 15 is 13.2 Å². The van der Waals surface area contributed by atoms with E-state index in [9.17, 15) is 19.2 Å². The highest BCUT2D eigenvalue weighted by Gasteiger charge is 2.47. The Bertz CT molecular complexity index is 2480. The van der Waals surface area contributed by atoms with Crippen LogP contribution in [0.15, 0.2) is 89.7 Å². The van der Waals surface area contributed by atoms with Crippen molar-refractivity contribution in [1.29, 1.82) is 0 Å². The van der Waals surface area contributed by atoms with E-state index in [1.807, 2.05) is 18.2 Å². The lowest BCUT2D eigenvalue weighted by atomic mass is 9.93. The van der Waals surface area contributed by atoms with Gasteiger partial charge < -0.3 is 19.6 Å². The zero-order chi connectivity index (χ0) is 41.5. The molecule has 1 aromatic heterocycles. The molecule has 5 aromatic rings. The Kier molecular flexibility index (Phi) is 11.0.